The third kappa shape index (κ3) is 2.30. The van der Waals surface area contributed by atoms with Crippen LogP contribution in [-0.2, 0) is 6.42 Å². The number of phenols is 1. The van der Waals surface area contributed by atoms with E-state index in [9.17, 15) is 5.11 Å². The molecule has 0 aliphatic carbocycles. The molecule has 0 fully saturated rings. The highest BCUT2D eigenvalue weighted by Crippen LogP contribution is 2.37. The molecule has 3 nitrogen and oxygen atoms in total. The van der Waals surface area contributed by atoms with Gasteiger partial charge < -0.3 is 15.6 Å². The molecule has 0 saturated heterocycles. The largest absolute Gasteiger partial charge is 0.504 e. The number of phenolic OH excluding ortho intramolecular Hbond substituents is 1. The molecule has 1 rings (SSSR count). The van der Waals surface area contributed by atoms with Crippen molar-refractivity contribution in [1.29, 1.82) is 0 Å². The summed E-state index contributed by atoms with van der Waals surface area (Å²) in [6.07, 6.45) is 1.56. The van der Waals surface area contributed by atoms with Gasteiger partial charge in [0, 0.05) is 0 Å². The molecule has 1 aromatic carbocycles. The van der Waals surface area contributed by atoms with Gasteiger partial charge in [0.15, 0.2) is 11.5 Å². The number of methoxy groups -OCH3 is 1. The Balaban J connectivity index is 2.96. The zero-order valence-electron chi connectivity index (χ0n) is 8.09. The average molecular weight is 216 g/mol. The van der Waals surface area contributed by atoms with Crippen LogP contribution in [0.3, 0.4) is 0 Å². The molecular weight excluding hydrogens is 202 g/mol. The number of halogens is 1. The summed E-state index contributed by atoms with van der Waals surface area (Å²) in [4.78, 5) is 0. The second-order valence-electron chi connectivity index (χ2n) is 2.98. The molecule has 0 unspecified atom stereocenters. The second kappa shape index (κ2) is 5.08. The van der Waals surface area contributed by atoms with Gasteiger partial charge in [0.25, 0.3) is 0 Å². The van der Waals surface area contributed by atoms with E-state index in [1.54, 1.807) is 12.1 Å². The molecule has 0 bridgehead atoms. The van der Waals surface area contributed by atoms with E-state index in [-0.39, 0.29) is 5.75 Å². The number of rotatable bonds is 4. The van der Waals surface area contributed by atoms with Crippen molar-refractivity contribution >= 4 is 11.6 Å². The minimum Gasteiger partial charge on any atom is -0.504 e. The van der Waals surface area contributed by atoms with E-state index in [2.05, 4.69) is 0 Å². The molecule has 0 atom stereocenters. The lowest BCUT2D eigenvalue weighted by Crippen LogP contribution is -2.00. The summed E-state index contributed by atoms with van der Waals surface area (Å²) >= 11 is 5.83. The maximum atomic E-state index is 9.75. The highest BCUT2D eigenvalue weighted by molar-refractivity contribution is 6.32. The highest BCUT2D eigenvalue weighted by Gasteiger charge is 2.11. The van der Waals surface area contributed by atoms with Crippen LogP contribution in [0.25, 0.3) is 0 Å². The van der Waals surface area contributed by atoms with Crippen molar-refractivity contribution in [3.8, 4) is 11.5 Å². The number of benzene rings is 1. The molecule has 0 saturated carbocycles. The van der Waals surface area contributed by atoms with Crippen LogP contribution in [0.4, 0.5) is 0 Å². The number of ether oxygens (including phenoxy) is 1. The van der Waals surface area contributed by atoms with E-state index in [1.165, 1.54) is 7.11 Å². The van der Waals surface area contributed by atoms with E-state index in [4.69, 9.17) is 22.1 Å². The first kappa shape index (κ1) is 11.1. The smallest absolute Gasteiger partial charge is 0.179 e. The van der Waals surface area contributed by atoms with E-state index in [1.807, 2.05) is 0 Å². The minimum atomic E-state index is 0.119. The predicted octanol–water partition coefficient (Wildman–Crippen LogP) is 1.95. The van der Waals surface area contributed by atoms with Gasteiger partial charge in [0.05, 0.1) is 12.1 Å². The zero-order chi connectivity index (χ0) is 10.6. The molecular formula is C10H14ClNO2. The molecule has 4 heteroatoms. The molecule has 0 spiro atoms. The van der Waals surface area contributed by atoms with Crippen molar-refractivity contribution in [1.82, 2.24) is 0 Å². The molecule has 1 aromatic rings. The Morgan fingerprint density at radius 3 is 2.79 bits per heavy atom. The van der Waals surface area contributed by atoms with Gasteiger partial charge in [-0.15, -0.1) is 0 Å². The van der Waals surface area contributed by atoms with E-state index < -0.39 is 0 Å². The van der Waals surface area contributed by atoms with E-state index in [0.717, 1.165) is 18.4 Å². The first-order valence-corrected chi connectivity index (χ1v) is 4.83. The Kier molecular flexibility index (Phi) is 4.04. The van der Waals surface area contributed by atoms with Gasteiger partial charge in [-0.05, 0) is 31.0 Å². The average Bonchev–Trinajstić information content (AvgIpc) is 2.18. The van der Waals surface area contributed by atoms with Crippen LogP contribution in [-0.4, -0.2) is 18.8 Å². The number of aromatic hydroxyl groups is 1. The Bertz CT molecular complexity index is 315. The molecule has 0 amide bonds. The summed E-state index contributed by atoms with van der Waals surface area (Å²) in [5, 5.41) is 10.2. The molecule has 0 heterocycles. The standard InChI is InChI=1S/C10H14ClNO2/c1-14-10-8(11)5-4-7(9(10)13)3-2-6-12/h4-5,13H,2-3,6,12H2,1H3. The number of hydrogen-bond acceptors (Lipinski definition) is 3. The summed E-state index contributed by atoms with van der Waals surface area (Å²) < 4.78 is 4.98. The minimum absolute atomic E-state index is 0.119. The third-order valence-electron chi connectivity index (χ3n) is 2.02. The van der Waals surface area contributed by atoms with Gasteiger partial charge in [-0.25, -0.2) is 0 Å². The summed E-state index contributed by atoms with van der Waals surface area (Å²) in [5.74, 6) is 0.453. The third-order valence-corrected chi connectivity index (χ3v) is 2.32. The first-order chi connectivity index (χ1) is 6.70. The van der Waals surface area contributed by atoms with E-state index in [0.29, 0.717) is 17.3 Å². The first-order valence-electron chi connectivity index (χ1n) is 4.45. The van der Waals surface area contributed by atoms with Crippen molar-refractivity contribution in [2.75, 3.05) is 13.7 Å². The van der Waals surface area contributed by atoms with Crippen molar-refractivity contribution in [3.05, 3.63) is 22.7 Å². The summed E-state index contributed by atoms with van der Waals surface area (Å²) in [6, 6.07) is 3.50. The van der Waals surface area contributed by atoms with Crippen molar-refractivity contribution in [2.24, 2.45) is 5.73 Å². The van der Waals surface area contributed by atoms with Crippen LogP contribution in [0.15, 0.2) is 12.1 Å². The normalized spacial score (nSPS) is 10.2. The van der Waals surface area contributed by atoms with Crippen molar-refractivity contribution < 1.29 is 9.84 Å². The monoisotopic (exact) mass is 215 g/mol. The fraction of sp³-hybridized carbons (Fsp3) is 0.400. The molecule has 3 N–H and O–H groups in total. The maximum absolute atomic E-state index is 9.75. The van der Waals surface area contributed by atoms with Gasteiger partial charge in [-0.1, -0.05) is 17.7 Å². The fourth-order valence-electron chi connectivity index (χ4n) is 1.28. The maximum Gasteiger partial charge on any atom is 0.179 e. The fourth-order valence-corrected chi connectivity index (χ4v) is 1.51. The van der Waals surface area contributed by atoms with E-state index >= 15 is 0 Å². The van der Waals surface area contributed by atoms with Gasteiger partial charge in [-0.3, -0.25) is 0 Å². The van der Waals surface area contributed by atoms with Crippen molar-refractivity contribution in [3.63, 3.8) is 0 Å². The Hall–Kier alpha value is -0.930. The van der Waals surface area contributed by atoms with Crippen LogP contribution in [0, 0.1) is 0 Å². The molecule has 0 aromatic heterocycles. The number of aryl methyl sites for hydroxylation is 1. The lowest BCUT2D eigenvalue weighted by molar-refractivity contribution is 0.370. The van der Waals surface area contributed by atoms with Crippen LogP contribution in [0.2, 0.25) is 5.02 Å². The topological polar surface area (TPSA) is 55.5 Å². The summed E-state index contributed by atoms with van der Waals surface area (Å²) in [6.45, 7) is 0.602. The predicted molar refractivity (Wildman–Crippen MR) is 57.0 cm³/mol. The van der Waals surface area contributed by atoms with Gasteiger partial charge in [-0.2, -0.15) is 0 Å². The number of hydrogen-bond donors (Lipinski definition) is 2. The lowest BCUT2D eigenvalue weighted by atomic mass is 10.1. The number of nitrogens with two attached hydrogens (primary N) is 1. The van der Waals surface area contributed by atoms with Crippen molar-refractivity contribution in [2.45, 2.75) is 12.8 Å². The molecule has 78 valence electrons. The Morgan fingerprint density at radius 1 is 1.50 bits per heavy atom. The van der Waals surface area contributed by atoms with Gasteiger partial charge in [0.2, 0.25) is 0 Å². The van der Waals surface area contributed by atoms with Gasteiger partial charge >= 0.3 is 0 Å². The summed E-state index contributed by atoms with van der Waals surface area (Å²) in [7, 11) is 1.48. The quantitative estimate of drug-likeness (QED) is 0.807. The molecule has 0 aliphatic rings. The van der Waals surface area contributed by atoms with Crippen LogP contribution < -0.4 is 10.5 Å². The Labute approximate surface area is 88.4 Å². The van der Waals surface area contributed by atoms with Crippen LogP contribution in [0.5, 0.6) is 11.5 Å². The molecule has 0 radical (unpaired) electrons. The van der Waals surface area contributed by atoms with Gasteiger partial charge in [0.1, 0.15) is 0 Å². The summed E-state index contributed by atoms with van der Waals surface area (Å²) in [5.41, 5.74) is 6.20. The Morgan fingerprint density at radius 2 is 2.21 bits per heavy atom. The zero-order valence-corrected chi connectivity index (χ0v) is 8.84. The second-order valence-corrected chi connectivity index (χ2v) is 3.39. The molecule has 14 heavy (non-hydrogen) atoms. The van der Waals surface area contributed by atoms with Crippen LogP contribution in [0.1, 0.15) is 12.0 Å². The van der Waals surface area contributed by atoms with Crippen LogP contribution >= 0.6 is 11.6 Å². The molecule has 0 aliphatic heterocycles. The SMILES string of the molecule is COc1c(Cl)ccc(CCCN)c1O. The highest BCUT2D eigenvalue weighted by atomic mass is 35.5. The lowest BCUT2D eigenvalue weighted by Gasteiger charge is -2.09.